The van der Waals surface area contributed by atoms with Crippen LogP contribution >= 0.6 is 0 Å². The fraction of sp³-hybridized carbons (Fsp3) is 0.357. The van der Waals surface area contributed by atoms with E-state index in [1.807, 2.05) is 0 Å². The summed E-state index contributed by atoms with van der Waals surface area (Å²) in [5.74, 6) is 0. The van der Waals surface area contributed by atoms with Gasteiger partial charge in [0.25, 0.3) is 0 Å². The molecule has 3 heteroatoms. The molecule has 0 spiro atoms. The second-order valence-corrected chi connectivity index (χ2v) is 8.35. The van der Waals surface area contributed by atoms with E-state index in [9.17, 15) is 0 Å². The molecule has 0 aliphatic carbocycles. The molecule has 0 aliphatic rings. The molecule has 0 saturated carbocycles. The molecular weight excluding hydrogens is 378 g/mol. The Labute approximate surface area is 188 Å². The molecule has 0 aliphatic heterocycles. The summed E-state index contributed by atoms with van der Waals surface area (Å²) in [5, 5.41) is 3.55. The van der Waals surface area contributed by atoms with Crippen LogP contribution in [0.3, 0.4) is 0 Å². The van der Waals surface area contributed by atoms with E-state index in [0.717, 1.165) is 45.8 Å². The summed E-state index contributed by atoms with van der Waals surface area (Å²) in [6, 6.07) is 32.3. The van der Waals surface area contributed by atoms with Gasteiger partial charge in [0.15, 0.2) is 0 Å². The summed E-state index contributed by atoms with van der Waals surface area (Å²) in [7, 11) is 2.25. The van der Waals surface area contributed by atoms with Crippen LogP contribution in [-0.4, -0.2) is 43.0 Å². The number of rotatable bonds is 14. The predicted octanol–water partition coefficient (Wildman–Crippen LogP) is 5.19. The molecule has 0 amide bonds. The molecule has 0 atom stereocenters. The molecule has 0 bridgehead atoms. The molecule has 0 saturated heterocycles. The zero-order chi connectivity index (χ0) is 21.6. The molecule has 0 radical (unpaired) electrons. The average Bonchev–Trinajstić information content (AvgIpc) is 2.81. The SMILES string of the molecule is CN(CCCNCc1ccccc1)CCCN(Cc1ccccc1)Cc1ccccc1. The van der Waals surface area contributed by atoms with Crippen LogP contribution in [0.25, 0.3) is 0 Å². The van der Waals surface area contributed by atoms with Gasteiger partial charge >= 0.3 is 0 Å². The minimum atomic E-state index is 0.957. The monoisotopic (exact) mass is 415 g/mol. The molecule has 1 N–H and O–H groups in total. The zero-order valence-corrected chi connectivity index (χ0v) is 18.9. The maximum atomic E-state index is 3.55. The summed E-state index contributed by atoms with van der Waals surface area (Å²) in [6.45, 7) is 7.41. The maximum absolute atomic E-state index is 3.55. The molecule has 164 valence electrons. The first-order chi connectivity index (χ1) is 15.3. The van der Waals surface area contributed by atoms with E-state index in [0.29, 0.717) is 0 Å². The zero-order valence-electron chi connectivity index (χ0n) is 18.9. The van der Waals surface area contributed by atoms with E-state index in [2.05, 4.69) is 113 Å². The van der Waals surface area contributed by atoms with Gasteiger partial charge in [0.1, 0.15) is 0 Å². The van der Waals surface area contributed by atoms with Gasteiger partial charge in [-0.1, -0.05) is 91.0 Å². The van der Waals surface area contributed by atoms with Gasteiger partial charge in [0.2, 0.25) is 0 Å². The van der Waals surface area contributed by atoms with E-state index in [1.165, 1.54) is 29.5 Å². The van der Waals surface area contributed by atoms with Crippen molar-refractivity contribution in [2.75, 3.05) is 33.2 Å². The van der Waals surface area contributed by atoms with Crippen molar-refractivity contribution in [1.82, 2.24) is 15.1 Å². The van der Waals surface area contributed by atoms with Crippen LogP contribution in [0.4, 0.5) is 0 Å². The van der Waals surface area contributed by atoms with E-state index in [4.69, 9.17) is 0 Å². The largest absolute Gasteiger partial charge is 0.313 e. The quantitative estimate of drug-likeness (QED) is 0.366. The van der Waals surface area contributed by atoms with Crippen molar-refractivity contribution >= 4 is 0 Å². The standard InChI is InChI=1S/C28H37N3/c1-30(20-11-19-29-23-26-13-5-2-6-14-26)21-12-22-31(24-27-15-7-3-8-16-27)25-28-17-9-4-10-18-28/h2-10,13-18,29H,11-12,19-25H2,1H3. The lowest BCUT2D eigenvalue weighted by Gasteiger charge is -2.24. The Kier molecular flexibility index (Phi) is 10.3. The molecule has 3 aromatic rings. The molecule has 0 aromatic heterocycles. The number of nitrogens with one attached hydrogen (secondary N) is 1. The number of benzene rings is 3. The maximum Gasteiger partial charge on any atom is 0.0237 e. The van der Waals surface area contributed by atoms with Crippen LogP contribution in [0, 0.1) is 0 Å². The van der Waals surface area contributed by atoms with Crippen LogP contribution in [0.2, 0.25) is 0 Å². The minimum absolute atomic E-state index is 0.957. The highest BCUT2D eigenvalue weighted by Gasteiger charge is 2.08. The summed E-state index contributed by atoms with van der Waals surface area (Å²) >= 11 is 0. The molecule has 0 fully saturated rings. The molecule has 3 nitrogen and oxygen atoms in total. The Hall–Kier alpha value is -2.46. The Balaban J connectivity index is 1.35. The highest BCUT2D eigenvalue weighted by atomic mass is 15.1. The Bertz CT molecular complexity index is 779. The average molecular weight is 416 g/mol. The van der Waals surface area contributed by atoms with Crippen molar-refractivity contribution in [3.05, 3.63) is 108 Å². The first-order valence-electron chi connectivity index (χ1n) is 11.5. The summed E-state index contributed by atoms with van der Waals surface area (Å²) in [5.41, 5.74) is 4.13. The molecular formula is C28H37N3. The van der Waals surface area contributed by atoms with Crippen molar-refractivity contribution in [2.45, 2.75) is 32.5 Å². The fourth-order valence-corrected chi connectivity index (χ4v) is 3.88. The number of nitrogens with zero attached hydrogens (tertiary/aromatic N) is 2. The van der Waals surface area contributed by atoms with Gasteiger partial charge in [-0.2, -0.15) is 0 Å². The van der Waals surface area contributed by atoms with Crippen LogP contribution in [-0.2, 0) is 19.6 Å². The van der Waals surface area contributed by atoms with Crippen molar-refractivity contribution in [3.8, 4) is 0 Å². The number of hydrogen-bond acceptors (Lipinski definition) is 3. The third-order valence-electron chi connectivity index (χ3n) is 5.58. The van der Waals surface area contributed by atoms with Crippen molar-refractivity contribution in [3.63, 3.8) is 0 Å². The lowest BCUT2D eigenvalue weighted by molar-refractivity contribution is 0.230. The van der Waals surface area contributed by atoms with Crippen LogP contribution in [0.5, 0.6) is 0 Å². The Morgan fingerprint density at radius 3 is 1.61 bits per heavy atom. The highest BCUT2D eigenvalue weighted by Crippen LogP contribution is 2.11. The van der Waals surface area contributed by atoms with Gasteiger partial charge in [0, 0.05) is 26.2 Å². The molecule has 0 unspecified atom stereocenters. The van der Waals surface area contributed by atoms with E-state index in [-0.39, 0.29) is 0 Å². The third kappa shape index (κ3) is 9.48. The smallest absolute Gasteiger partial charge is 0.0237 e. The highest BCUT2D eigenvalue weighted by molar-refractivity contribution is 5.17. The minimum Gasteiger partial charge on any atom is -0.313 e. The first-order valence-corrected chi connectivity index (χ1v) is 11.5. The first kappa shape index (κ1) is 23.2. The molecule has 3 aromatic carbocycles. The van der Waals surface area contributed by atoms with Gasteiger partial charge in [-0.3, -0.25) is 4.90 Å². The van der Waals surface area contributed by atoms with Crippen molar-refractivity contribution in [1.29, 1.82) is 0 Å². The molecule has 3 rings (SSSR count). The Morgan fingerprint density at radius 1 is 0.581 bits per heavy atom. The van der Waals surface area contributed by atoms with Gasteiger partial charge in [0.05, 0.1) is 0 Å². The fourth-order valence-electron chi connectivity index (χ4n) is 3.88. The number of hydrogen-bond donors (Lipinski definition) is 1. The lowest BCUT2D eigenvalue weighted by atomic mass is 10.1. The van der Waals surface area contributed by atoms with E-state index >= 15 is 0 Å². The van der Waals surface area contributed by atoms with Gasteiger partial charge in [-0.05, 0) is 56.2 Å². The molecule has 0 heterocycles. The summed E-state index contributed by atoms with van der Waals surface area (Å²) in [6.07, 6.45) is 2.37. The van der Waals surface area contributed by atoms with Crippen molar-refractivity contribution in [2.24, 2.45) is 0 Å². The summed E-state index contributed by atoms with van der Waals surface area (Å²) < 4.78 is 0. The second-order valence-electron chi connectivity index (χ2n) is 8.35. The van der Waals surface area contributed by atoms with Crippen LogP contribution < -0.4 is 5.32 Å². The Morgan fingerprint density at radius 2 is 1.06 bits per heavy atom. The van der Waals surface area contributed by atoms with Gasteiger partial charge < -0.3 is 10.2 Å². The third-order valence-corrected chi connectivity index (χ3v) is 5.58. The van der Waals surface area contributed by atoms with Crippen molar-refractivity contribution < 1.29 is 0 Å². The topological polar surface area (TPSA) is 18.5 Å². The van der Waals surface area contributed by atoms with Gasteiger partial charge in [-0.15, -0.1) is 0 Å². The van der Waals surface area contributed by atoms with E-state index in [1.54, 1.807) is 0 Å². The van der Waals surface area contributed by atoms with Crippen LogP contribution in [0.1, 0.15) is 29.5 Å². The van der Waals surface area contributed by atoms with Crippen LogP contribution in [0.15, 0.2) is 91.0 Å². The predicted molar refractivity (Wildman–Crippen MR) is 132 cm³/mol. The normalized spacial score (nSPS) is 11.3. The summed E-state index contributed by atoms with van der Waals surface area (Å²) in [4.78, 5) is 5.04. The van der Waals surface area contributed by atoms with Gasteiger partial charge in [-0.25, -0.2) is 0 Å². The second kappa shape index (κ2) is 13.8. The lowest BCUT2D eigenvalue weighted by Crippen LogP contribution is -2.29. The molecule has 31 heavy (non-hydrogen) atoms. The van der Waals surface area contributed by atoms with E-state index < -0.39 is 0 Å².